The zero-order chi connectivity index (χ0) is 27.7. The van der Waals surface area contributed by atoms with Crippen molar-refractivity contribution in [2.24, 2.45) is 0 Å². The fourth-order valence-corrected chi connectivity index (χ4v) is 4.45. The number of thioether (sulfide) groups is 1. The van der Waals surface area contributed by atoms with Crippen LogP contribution >= 0.6 is 23.4 Å². The van der Waals surface area contributed by atoms with E-state index in [2.05, 4.69) is 5.32 Å². The lowest BCUT2D eigenvalue weighted by molar-refractivity contribution is -0.145. The second-order valence-corrected chi connectivity index (χ2v) is 9.03. The Balaban J connectivity index is 1.71. The largest absolute Gasteiger partial charge is 0.494 e. The van der Waals surface area contributed by atoms with Crippen LogP contribution in [0.25, 0.3) is 6.08 Å². The predicted octanol–water partition coefficient (Wildman–Crippen LogP) is 4.75. The molecule has 1 fully saturated rings. The van der Waals surface area contributed by atoms with Crippen molar-refractivity contribution in [3.63, 3.8) is 0 Å². The number of benzene rings is 2. The first-order valence-electron chi connectivity index (χ1n) is 11.8. The van der Waals surface area contributed by atoms with Crippen LogP contribution in [0.1, 0.15) is 26.3 Å². The van der Waals surface area contributed by atoms with E-state index in [4.69, 9.17) is 30.5 Å². The molecule has 3 rings (SSSR count). The molecule has 10 nitrogen and oxygen atoms in total. The Kier molecular flexibility index (Phi) is 10.4. The summed E-state index contributed by atoms with van der Waals surface area (Å²) in [5.41, 5.74) is 0.968. The van der Waals surface area contributed by atoms with Gasteiger partial charge < -0.3 is 24.3 Å². The molecule has 0 spiro atoms. The number of hydrogen-bond acceptors (Lipinski definition) is 9. The Morgan fingerprint density at radius 2 is 1.71 bits per heavy atom. The zero-order valence-electron chi connectivity index (χ0n) is 21.1. The van der Waals surface area contributed by atoms with Gasteiger partial charge in [-0.2, -0.15) is 0 Å². The van der Waals surface area contributed by atoms with E-state index in [0.717, 1.165) is 4.90 Å². The number of rotatable bonds is 12. The quantitative estimate of drug-likeness (QED) is 0.288. The fraction of sp³-hybridized carbons (Fsp3) is 0.308. The van der Waals surface area contributed by atoms with Crippen molar-refractivity contribution < 1.29 is 38.1 Å². The number of anilines is 1. The SMILES string of the molecule is CCOC(=O)COc1c(Cl)cc(/C=C2/SC(=O)N(CC(=O)Nc3ccc(OCC)cc3)C2=O)cc1OCC. The van der Waals surface area contributed by atoms with Crippen LogP contribution in [0.2, 0.25) is 5.02 Å². The standard InChI is InChI=1S/C26H27ClN2O8S/c1-4-34-18-9-7-17(8-10-18)28-22(30)14-29-25(32)21(38-26(29)33)13-16-11-19(27)24(20(12-16)35-5-2)37-15-23(31)36-6-3/h7-13H,4-6,14-15H2,1-3H3,(H,28,30)/b21-13+. The minimum Gasteiger partial charge on any atom is -0.494 e. The number of nitrogens with zero attached hydrogens (tertiary/aromatic N) is 1. The van der Waals surface area contributed by atoms with Crippen molar-refractivity contribution >= 4 is 58.1 Å². The molecule has 38 heavy (non-hydrogen) atoms. The van der Waals surface area contributed by atoms with Crippen LogP contribution in [0.4, 0.5) is 10.5 Å². The van der Waals surface area contributed by atoms with Gasteiger partial charge in [-0.05, 0) is 80.6 Å². The van der Waals surface area contributed by atoms with Gasteiger partial charge in [0.25, 0.3) is 11.1 Å². The van der Waals surface area contributed by atoms with E-state index in [1.54, 1.807) is 44.2 Å². The number of amides is 3. The van der Waals surface area contributed by atoms with Gasteiger partial charge in [-0.15, -0.1) is 0 Å². The summed E-state index contributed by atoms with van der Waals surface area (Å²) < 4.78 is 21.3. The number of nitrogens with one attached hydrogen (secondary N) is 1. The minimum absolute atomic E-state index is 0.113. The van der Waals surface area contributed by atoms with Crippen molar-refractivity contribution in [1.82, 2.24) is 4.90 Å². The predicted molar refractivity (Wildman–Crippen MR) is 144 cm³/mol. The van der Waals surface area contributed by atoms with E-state index in [1.807, 2.05) is 6.92 Å². The summed E-state index contributed by atoms with van der Waals surface area (Å²) in [5.74, 6) is -0.633. The highest BCUT2D eigenvalue weighted by atomic mass is 35.5. The van der Waals surface area contributed by atoms with Crippen molar-refractivity contribution in [3.05, 3.63) is 51.9 Å². The highest BCUT2D eigenvalue weighted by molar-refractivity contribution is 8.18. The molecule has 0 aromatic heterocycles. The number of hydrogen-bond donors (Lipinski definition) is 1. The molecule has 3 amide bonds. The molecule has 2 aromatic rings. The maximum absolute atomic E-state index is 12.9. The van der Waals surface area contributed by atoms with Crippen molar-refractivity contribution in [3.8, 4) is 17.2 Å². The van der Waals surface area contributed by atoms with Gasteiger partial charge in [-0.1, -0.05) is 11.6 Å². The summed E-state index contributed by atoms with van der Waals surface area (Å²) in [6.07, 6.45) is 1.47. The zero-order valence-corrected chi connectivity index (χ0v) is 22.6. The molecule has 0 radical (unpaired) electrons. The highest BCUT2D eigenvalue weighted by Gasteiger charge is 2.36. The van der Waals surface area contributed by atoms with Crippen LogP contribution in [0.5, 0.6) is 17.2 Å². The lowest BCUT2D eigenvalue weighted by Gasteiger charge is -2.14. The first kappa shape index (κ1) is 28.9. The van der Waals surface area contributed by atoms with Crippen LogP contribution < -0.4 is 19.5 Å². The smallest absolute Gasteiger partial charge is 0.344 e. The number of imide groups is 1. The molecular formula is C26H27ClN2O8S. The van der Waals surface area contributed by atoms with Crippen LogP contribution in [-0.4, -0.2) is 60.9 Å². The number of carbonyl (C=O) groups is 4. The summed E-state index contributed by atoms with van der Waals surface area (Å²) in [6, 6.07) is 9.82. The third-order valence-corrected chi connectivity index (χ3v) is 6.08. The Bertz CT molecular complexity index is 1230. The summed E-state index contributed by atoms with van der Waals surface area (Å²) in [7, 11) is 0. The molecule has 12 heteroatoms. The lowest BCUT2D eigenvalue weighted by Crippen LogP contribution is -2.36. The van der Waals surface area contributed by atoms with E-state index in [-0.39, 0.29) is 41.2 Å². The maximum atomic E-state index is 12.9. The van der Waals surface area contributed by atoms with Gasteiger partial charge >= 0.3 is 5.97 Å². The number of esters is 1. The second-order valence-electron chi connectivity index (χ2n) is 7.63. The van der Waals surface area contributed by atoms with E-state index in [0.29, 0.717) is 35.4 Å². The molecule has 0 bridgehead atoms. The molecule has 1 aliphatic heterocycles. The normalized spacial score (nSPS) is 14.0. The summed E-state index contributed by atoms with van der Waals surface area (Å²) in [5, 5.41) is 2.22. The molecule has 0 unspecified atom stereocenters. The topological polar surface area (TPSA) is 120 Å². The van der Waals surface area contributed by atoms with Crippen LogP contribution in [0, 0.1) is 0 Å². The summed E-state index contributed by atoms with van der Waals surface area (Å²) in [6.45, 7) is 5.53. The number of carbonyl (C=O) groups excluding carboxylic acids is 4. The number of ether oxygens (including phenoxy) is 4. The van der Waals surface area contributed by atoms with Crippen LogP contribution in [0.15, 0.2) is 41.3 Å². The van der Waals surface area contributed by atoms with Crippen LogP contribution in [-0.2, 0) is 19.1 Å². The van der Waals surface area contributed by atoms with Gasteiger partial charge in [0, 0.05) is 5.69 Å². The average Bonchev–Trinajstić information content (AvgIpc) is 3.12. The van der Waals surface area contributed by atoms with Crippen molar-refractivity contribution in [2.45, 2.75) is 20.8 Å². The third-order valence-electron chi connectivity index (χ3n) is 4.89. The van der Waals surface area contributed by atoms with Gasteiger partial charge in [0.1, 0.15) is 12.3 Å². The molecule has 0 saturated carbocycles. The maximum Gasteiger partial charge on any atom is 0.344 e. The average molecular weight is 563 g/mol. The minimum atomic E-state index is -0.612. The van der Waals surface area contributed by atoms with Gasteiger partial charge in [-0.3, -0.25) is 19.3 Å². The molecule has 1 aliphatic rings. The molecule has 1 N–H and O–H groups in total. The first-order valence-corrected chi connectivity index (χ1v) is 13.0. The summed E-state index contributed by atoms with van der Waals surface area (Å²) in [4.78, 5) is 50.5. The van der Waals surface area contributed by atoms with E-state index >= 15 is 0 Å². The van der Waals surface area contributed by atoms with Crippen LogP contribution in [0.3, 0.4) is 0 Å². The monoisotopic (exact) mass is 562 g/mol. The van der Waals surface area contributed by atoms with Crippen molar-refractivity contribution in [1.29, 1.82) is 0 Å². The van der Waals surface area contributed by atoms with E-state index in [1.165, 1.54) is 12.1 Å². The van der Waals surface area contributed by atoms with Crippen molar-refractivity contribution in [2.75, 3.05) is 38.3 Å². The van der Waals surface area contributed by atoms with Gasteiger partial charge in [0.05, 0.1) is 29.7 Å². The number of halogens is 1. The molecule has 1 heterocycles. The summed E-state index contributed by atoms with van der Waals surface area (Å²) >= 11 is 7.07. The first-order chi connectivity index (χ1) is 18.2. The van der Waals surface area contributed by atoms with Gasteiger partial charge in [0.15, 0.2) is 18.1 Å². The fourth-order valence-electron chi connectivity index (χ4n) is 3.34. The Labute approximate surface area is 229 Å². The molecule has 202 valence electrons. The molecule has 0 aliphatic carbocycles. The molecule has 0 atom stereocenters. The lowest BCUT2D eigenvalue weighted by atomic mass is 10.1. The van der Waals surface area contributed by atoms with Gasteiger partial charge in [-0.25, -0.2) is 4.79 Å². The molecule has 1 saturated heterocycles. The third kappa shape index (κ3) is 7.65. The molecular weight excluding hydrogens is 536 g/mol. The Hall–Kier alpha value is -3.70. The van der Waals surface area contributed by atoms with E-state index < -0.39 is 29.6 Å². The second kappa shape index (κ2) is 13.7. The van der Waals surface area contributed by atoms with E-state index in [9.17, 15) is 19.2 Å². The van der Waals surface area contributed by atoms with Gasteiger partial charge in [0.2, 0.25) is 5.91 Å². The molecule has 2 aromatic carbocycles. The Morgan fingerprint density at radius 3 is 2.37 bits per heavy atom. The Morgan fingerprint density at radius 1 is 1.00 bits per heavy atom. The highest BCUT2D eigenvalue weighted by Crippen LogP contribution is 2.39.